The molecule has 1 rings (SSSR count). The van der Waals surface area contributed by atoms with Crippen LogP contribution in [0.2, 0.25) is 0 Å². The van der Waals surface area contributed by atoms with Crippen molar-refractivity contribution in [2.45, 2.75) is 52.6 Å². The predicted octanol–water partition coefficient (Wildman–Crippen LogP) is 1.37. The van der Waals surface area contributed by atoms with Crippen molar-refractivity contribution in [2.24, 2.45) is 4.99 Å². The fourth-order valence-electron chi connectivity index (χ4n) is 3.08. The van der Waals surface area contributed by atoms with Crippen LogP contribution in [0.1, 0.15) is 40.5 Å². The van der Waals surface area contributed by atoms with Crippen LogP contribution in [-0.2, 0) is 0 Å². The number of hydrogen-bond donors (Lipinski definition) is 2. The average Bonchev–Trinajstić information content (AvgIpc) is 2.93. The Morgan fingerprint density at radius 2 is 2.10 bits per heavy atom. The van der Waals surface area contributed by atoms with Gasteiger partial charge in [0.15, 0.2) is 5.96 Å². The van der Waals surface area contributed by atoms with Crippen LogP contribution in [0.4, 0.5) is 0 Å². The van der Waals surface area contributed by atoms with Gasteiger partial charge in [-0.05, 0) is 46.3 Å². The van der Waals surface area contributed by atoms with Crippen molar-refractivity contribution in [1.29, 1.82) is 0 Å². The quantitative estimate of drug-likeness (QED) is 0.524. The highest BCUT2D eigenvalue weighted by Crippen LogP contribution is 2.15. The van der Waals surface area contributed by atoms with Crippen molar-refractivity contribution in [1.82, 2.24) is 20.4 Å². The molecule has 0 amide bonds. The number of likely N-dealkylation sites (N-methyl/N-ethyl adjacent to an activating group) is 2. The molecule has 0 radical (unpaired) electrons. The number of rotatable bonds is 8. The summed E-state index contributed by atoms with van der Waals surface area (Å²) in [5.74, 6) is 0.928. The van der Waals surface area contributed by atoms with E-state index in [2.05, 4.69) is 53.1 Å². The summed E-state index contributed by atoms with van der Waals surface area (Å²) in [4.78, 5) is 9.33. The number of guanidine groups is 1. The molecule has 0 aromatic carbocycles. The van der Waals surface area contributed by atoms with Crippen LogP contribution in [-0.4, -0.2) is 74.2 Å². The molecule has 1 heterocycles. The largest absolute Gasteiger partial charge is 0.355 e. The Hall–Kier alpha value is -0.810. The molecule has 5 heteroatoms. The number of hydrogen-bond acceptors (Lipinski definition) is 3. The summed E-state index contributed by atoms with van der Waals surface area (Å²) in [6.45, 7) is 15.4. The molecule has 2 N–H and O–H groups in total. The monoisotopic (exact) mass is 297 g/mol. The zero-order chi connectivity index (χ0) is 15.7. The standard InChI is InChI=1S/C16H35N5/c1-6-20(14(3)4)12-10-18-16(17-5)19-13-15-9-8-11-21(15)7-2/h14-15H,6-13H2,1-5H3,(H2,17,18,19). The lowest BCUT2D eigenvalue weighted by Crippen LogP contribution is -2.47. The first-order valence-electron chi connectivity index (χ1n) is 8.54. The molecule has 1 atom stereocenters. The average molecular weight is 297 g/mol. The van der Waals surface area contributed by atoms with Crippen molar-refractivity contribution < 1.29 is 0 Å². The van der Waals surface area contributed by atoms with Gasteiger partial charge < -0.3 is 10.6 Å². The van der Waals surface area contributed by atoms with Gasteiger partial charge in [-0.2, -0.15) is 0 Å². The van der Waals surface area contributed by atoms with E-state index in [4.69, 9.17) is 0 Å². The third-order valence-electron chi connectivity index (χ3n) is 4.46. The lowest BCUT2D eigenvalue weighted by Gasteiger charge is -2.26. The van der Waals surface area contributed by atoms with E-state index >= 15 is 0 Å². The Morgan fingerprint density at radius 1 is 1.33 bits per heavy atom. The fourth-order valence-corrected chi connectivity index (χ4v) is 3.08. The first-order valence-corrected chi connectivity index (χ1v) is 8.54. The first-order chi connectivity index (χ1) is 10.1. The van der Waals surface area contributed by atoms with Gasteiger partial charge in [-0.1, -0.05) is 13.8 Å². The van der Waals surface area contributed by atoms with Crippen LogP contribution < -0.4 is 10.6 Å². The third kappa shape index (κ3) is 6.22. The SMILES string of the molecule is CCN(CCNC(=NC)NCC1CCCN1CC)C(C)C. The molecule has 1 unspecified atom stereocenters. The van der Waals surface area contributed by atoms with Gasteiger partial charge in [0.05, 0.1) is 0 Å². The maximum absolute atomic E-state index is 4.32. The second-order valence-corrected chi connectivity index (χ2v) is 6.03. The molecule has 0 bridgehead atoms. The lowest BCUT2D eigenvalue weighted by molar-refractivity contribution is 0.237. The summed E-state index contributed by atoms with van der Waals surface area (Å²) < 4.78 is 0. The molecule has 1 aliphatic rings. The van der Waals surface area contributed by atoms with Gasteiger partial charge in [-0.3, -0.25) is 14.8 Å². The molecular weight excluding hydrogens is 262 g/mol. The van der Waals surface area contributed by atoms with E-state index in [1.54, 1.807) is 0 Å². The molecule has 0 aliphatic carbocycles. The lowest BCUT2D eigenvalue weighted by atomic mass is 10.2. The molecule has 0 spiro atoms. The van der Waals surface area contributed by atoms with Gasteiger partial charge in [-0.15, -0.1) is 0 Å². The molecule has 5 nitrogen and oxygen atoms in total. The van der Waals surface area contributed by atoms with E-state index in [0.29, 0.717) is 12.1 Å². The Balaban J connectivity index is 2.26. The summed E-state index contributed by atoms with van der Waals surface area (Å²) in [6.07, 6.45) is 2.63. The van der Waals surface area contributed by atoms with Crippen molar-refractivity contribution in [3.63, 3.8) is 0 Å². The smallest absolute Gasteiger partial charge is 0.191 e. The van der Waals surface area contributed by atoms with Crippen LogP contribution in [0, 0.1) is 0 Å². The predicted molar refractivity (Wildman–Crippen MR) is 92.0 cm³/mol. The van der Waals surface area contributed by atoms with Crippen molar-refractivity contribution in [2.75, 3.05) is 46.3 Å². The summed E-state index contributed by atoms with van der Waals surface area (Å²) in [5, 5.41) is 6.90. The second kappa shape index (κ2) is 10.0. The van der Waals surface area contributed by atoms with Gasteiger partial charge in [0, 0.05) is 38.8 Å². The Bertz CT molecular complexity index is 303. The van der Waals surface area contributed by atoms with Crippen LogP contribution >= 0.6 is 0 Å². The van der Waals surface area contributed by atoms with Crippen LogP contribution in [0.5, 0.6) is 0 Å². The van der Waals surface area contributed by atoms with Crippen LogP contribution in [0.3, 0.4) is 0 Å². The molecule has 0 saturated carbocycles. The molecular formula is C16H35N5. The van der Waals surface area contributed by atoms with Crippen LogP contribution in [0.15, 0.2) is 4.99 Å². The number of aliphatic imine (C=N–C) groups is 1. The summed E-state index contributed by atoms with van der Waals surface area (Å²) >= 11 is 0. The van der Waals surface area contributed by atoms with Crippen molar-refractivity contribution >= 4 is 5.96 Å². The molecule has 21 heavy (non-hydrogen) atoms. The molecule has 124 valence electrons. The normalized spacial score (nSPS) is 20.5. The van der Waals surface area contributed by atoms with E-state index in [1.165, 1.54) is 19.4 Å². The van der Waals surface area contributed by atoms with E-state index < -0.39 is 0 Å². The number of nitrogens with one attached hydrogen (secondary N) is 2. The first kappa shape index (κ1) is 18.2. The number of likely N-dealkylation sites (tertiary alicyclic amines) is 1. The maximum Gasteiger partial charge on any atom is 0.191 e. The van der Waals surface area contributed by atoms with Crippen LogP contribution in [0.25, 0.3) is 0 Å². The molecule has 1 aliphatic heterocycles. The highest BCUT2D eigenvalue weighted by Gasteiger charge is 2.22. The van der Waals surface area contributed by atoms with E-state index in [-0.39, 0.29) is 0 Å². The van der Waals surface area contributed by atoms with E-state index in [9.17, 15) is 0 Å². The van der Waals surface area contributed by atoms with Gasteiger partial charge in [0.25, 0.3) is 0 Å². The molecule has 0 aromatic heterocycles. The molecule has 0 aromatic rings. The minimum atomic E-state index is 0.600. The summed E-state index contributed by atoms with van der Waals surface area (Å²) in [7, 11) is 1.85. The Kier molecular flexibility index (Phi) is 8.69. The van der Waals surface area contributed by atoms with E-state index in [1.807, 2.05) is 7.05 Å². The highest BCUT2D eigenvalue weighted by molar-refractivity contribution is 5.79. The number of nitrogens with zero attached hydrogens (tertiary/aromatic N) is 3. The summed E-state index contributed by atoms with van der Waals surface area (Å²) in [5.41, 5.74) is 0. The van der Waals surface area contributed by atoms with Crippen molar-refractivity contribution in [3.8, 4) is 0 Å². The molecule has 1 saturated heterocycles. The zero-order valence-corrected chi connectivity index (χ0v) is 14.7. The zero-order valence-electron chi connectivity index (χ0n) is 14.7. The second-order valence-electron chi connectivity index (χ2n) is 6.03. The van der Waals surface area contributed by atoms with Gasteiger partial charge in [0.2, 0.25) is 0 Å². The minimum Gasteiger partial charge on any atom is -0.355 e. The maximum atomic E-state index is 4.32. The van der Waals surface area contributed by atoms with E-state index in [0.717, 1.165) is 38.7 Å². The van der Waals surface area contributed by atoms with Gasteiger partial charge >= 0.3 is 0 Å². The van der Waals surface area contributed by atoms with Gasteiger partial charge in [0.1, 0.15) is 0 Å². The minimum absolute atomic E-state index is 0.600. The highest BCUT2D eigenvalue weighted by atomic mass is 15.2. The molecule has 1 fully saturated rings. The Morgan fingerprint density at radius 3 is 2.67 bits per heavy atom. The van der Waals surface area contributed by atoms with Crippen molar-refractivity contribution in [3.05, 3.63) is 0 Å². The fraction of sp³-hybridized carbons (Fsp3) is 0.938. The topological polar surface area (TPSA) is 42.9 Å². The third-order valence-corrected chi connectivity index (χ3v) is 4.46. The van der Waals surface area contributed by atoms with Gasteiger partial charge in [-0.25, -0.2) is 0 Å². The Labute approximate surface area is 131 Å². The summed E-state index contributed by atoms with van der Waals surface area (Å²) in [6, 6.07) is 1.26.